The van der Waals surface area contributed by atoms with Crippen LogP contribution in [0.1, 0.15) is 10.5 Å². The Balaban J connectivity index is 2.07. The molecule has 0 aliphatic heterocycles. The van der Waals surface area contributed by atoms with Gasteiger partial charge in [0.2, 0.25) is 0 Å². The minimum atomic E-state index is -0.634. The molecule has 3 rings (SSSR count). The zero-order valence-corrected chi connectivity index (χ0v) is 14.9. The van der Waals surface area contributed by atoms with Gasteiger partial charge in [-0.25, -0.2) is 9.78 Å². The van der Waals surface area contributed by atoms with E-state index in [1.165, 1.54) is 24.9 Å². The number of benzene rings is 1. The monoisotopic (exact) mass is 369 g/mol. The summed E-state index contributed by atoms with van der Waals surface area (Å²) < 4.78 is 11.1. The SMILES string of the molecule is COC(=O)c1nn(-c2ccc(OC)cc2)c(=O)cc1Sc1ccccn1. The second-order valence-corrected chi connectivity index (χ2v) is 6.13. The molecule has 0 bridgehead atoms. The van der Waals surface area contributed by atoms with Crippen LogP contribution < -0.4 is 10.3 Å². The molecule has 0 saturated carbocycles. The summed E-state index contributed by atoms with van der Waals surface area (Å²) >= 11 is 1.17. The molecule has 0 aliphatic carbocycles. The highest BCUT2D eigenvalue weighted by Gasteiger charge is 2.19. The van der Waals surface area contributed by atoms with Gasteiger partial charge in [0.15, 0.2) is 5.69 Å². The number of esters is 1. The number of rotatable bonds is 5. The van der Waals surface area contributed by atoms with E-state index in [1.54, 1.807) is 49.7 Å². The highest BCUT2D eigenvalue weighted by atomic mass is 32.2. The fourth-order valence-corrected chi connectivity index (χ4v) is 3.05. The van der Waals surface area contributed by atoms with E-state index in [-0.39, 0.29) is 11.3 Å². The molecule has 8 heteroatoms. The van der Waals surface area contributed by atoms with E-state index in [1.807, 2.05) is 6.07 Å². The number of carbonyl (C=O) groups is 1. The van der Waals surface area contributed by atoms with E-state index in [0.29, 0.717) is 21.4 Å². The summed E-state index contributed by atoms with van der Waals surface area (Å²) in [5.74, 6) is 0.0167. The average Bonchev–Trinajstić information content (AvgIpc) is 2.68. The van der Waals surface area contributed by atoms with Gasteiger partial charge < -0.3 is 9.47 Å². The molecule has 3 aromatic rings. The molecule has 0 amide bonds. The van der Waals surface area contributed by atoms with Gasteiger partial charge in [0.25, 0.3) is 5.56 Å². The van der Waals surface area contributed by atoms with E-state index in [4.69, 9.17) is 9.47 Å². The second kappa shape index (κ2) is 7.83. The topological polar surface area (TPSA) is 83.3 Å². The molecule has 0 fully saturated rings. The van der Waals surface area contributed by atoms with Gasteiger partial charge in [0.1, 0.15) is 10.8 Å². The number of ether oxygens (including phenoxy) is 2. The standard InChI is InChI=1S/C18H15N3O4S/c1-24-13-8-6-12(7-9-13)21-16(22)11-14(17(20-21)18(23)25-2)26-15-5-3-4-10-19-15/h3-11H,1-2H3. The van der Waals surface area contributed by atoms with E-state index in [0.717, 1.165) is 4.68 Å². The van der Waals surface area contributed by atoms with Crippen LogP contribution in [0.4, 0.5) is 0 Å². The predicted molar refractivity (Wildman–Crippen MR) is 96.1 cm³/mol. The van der Waals surface area contributed by atoms with Crippen LogP contribution in [0.3, 0.4) is 0 Å². The Kier molecular flexibility index (Phi) is 5.33. The lowest BCUT2D eigenvalue weighted by molar-refractivity contribution is 0.0587. The summed E-state index contributed by atoms with van der Waals surface area (Å²) in [5.41, 5.74) is 0.176. The molecule has 26 heavy (non-hydrogen) atoms. The highest BCUT2D eigenvalue weighted by molar-refractivity contribution is 7.99. The Hall–Kier alpha value is -3.13. The van der Waals surface area contributed by atoms with Crippen molar-refractivity contribution >= 4 is 17.7 Å². The van der Waals surface area contributed by atoms with Crippen molar-refractivity contribution in [2.24, 2.45) is 0 Å². The highest BCUT2D eigenvalue weighted by Crippen LogP contribution is 2.27. The average molecular weight is 369 g/mol. The van der Waals surface area contributed by atoms with Crippen molar-refractivity contribution in [1.82, 2.24) is 14.8 Å². The van der Waals surface area contributed by atoms with E-state index in [2.05, 4.69) is 10.1 Å². The quantitative estimate of drug-likeness (QED) is 0.639. The molecule has 132 valence electrons. The van der Waals surface area contributed by atoms with Gasteiger partial charge in [-0.2, -0.15) is 9.78 Å². The Labute approximate surface area is 153 Å². The largest absolute Gasteiger partial charge is 0.497 e. The van der Waals surface area contributed by atoms with E-state index >= 15 is 0 Å². The van der Waals surface area contributed by atoms with Crippen molar-refractivity contribution in [3.05, 3.63) is 70.8 Å². The number of pyridine rings is 1. The van der Waals surface area contributed by atoms with E-state index in [9.17, 15) is 9.59 Å². The molecule has 0 unspecified atom stereocenters. The second-order valence-electron chi connectivity index (χ2n) is 5.07. The number of hydrogen-bond donors (Lipinski definition) is 0. The number of hydrogen-bond acceptors (Lipinski definition) is 7. The van der Waals surface area contributed by atoms with Crippen molar-refractivity contribution < 1.29 is 14.3 Å². The molecular weight excluding hydrogens is 354 g/mol. The summed E-state index contributed by atoms with van der Waals surface area (Å²) in [7, 11) is 2.82. The molecule has 2 aromatic heterocycles. The number of nitrogens with zero attached hydrogens (tertiary/aromatic N) is 3. The number of aromatic nitrogens is 3. The third-order valence-electron chi connectivity index (χ3n) is 3.44. The molecule has 1 aromatic carbocycles. The first-order chi connectivity index (χ1) is 12.6. The summed E-state index contributed by atoms with van der Waals surface area (Å²) in [4.78, 5) is 29.3. The van der Waals surface area contributed by atoms with Crippen molar-refractivity contribution in [1.29, 1.82) is 0 Å². The van der Waals surface area contributed by atoms with E-state index < -0.39 is 5.97 Å². The zero-order valence-electron chi connectivity index (χ0n) is 14.1. The lowest BCUT2D eigenvalue weighted by Crippen LogP contribution is -2.24. The lowest BCUT2D eigenvalue weighted by Gasteiger charge is -2.10. The third kappa shape index (κ3) is 3.75. The normalized spacial score (nSPS) is 10.4. The van der Waals surface area contributed by atoms with Crippen LogP contribution in [-0.2, 0) is 4.74 Å². The summed E-state index contributed by atoms with van der Waals surface area (Å²) in [6.07, 6.45) is 1.63. The van der Waals surface area contributed by atoms with Gasteiger partial charge in [0, 0.05) is 12.3 Å². The fraction of sp³-hybridized carbons (Fsp3) is 0.111. The van der Waals surface area contributed by atoms with Crippen LogP contribution >= 0.6 is 11.8 Å². The Morgan fingerprint density at radius 3 is 2.50 bits per heavy atom. The molecule has 0 spiro atoms. The first-order valence-electron chi connectivity index (χ1n) is 7.58. The maximum atomic E-state index is 12.5. The Morgan fingerprint density at radius 1 is 1.12 bits per heavy atom. The maximum Gasteiger partial charge on any atom is 0.359 e. The first kappa shape index (κ1) is 17.7. The van der Waals surface area contributed by atoms with Crippen LogP contribution in [-0.4, -0.2) is 35.0 Å². The molecule has 7 nitrogen and oxygen atoms in total. The summed E-state index contributed by atoms with van der Waals surface area (Å²) in [6, 6.07) is 13.5. The minimum absolute atomic E-state index is 0.0403. The van der Waals surface area contributed by atoms with Crippen LogP contribution in [0.2, 0.25) is 0 Å². The van der Waals surface area contributed by atoms with Crippen LogP contribution in [0.15, 0.2) is 69.4 Å². The molecule has 2 heterocycles. The first-order valence-corrected chi connectivity index (χ1v) is 8.40. The maximum absolute atomic E-state index is 12.5. The van der Waals surface area contributed by atoms with Crippen molar-refractivity contribution in [3.8, 4) is 11.4 Å². The molecular formula is C18H15N3O4S. The van der Waals surface area contributed by atoms with Crippen molar-refractivity contribution in [2.45, 2.75) is 9.92 Å². The molecule has 0 N–H and O–H groups in total. The van der Waals surface area contributed by atoms with Crippen molar-refractivity contribution in [3.63, 3.8) is 0 Å². The molecule has 0 atom stereocenters. The molecule has 0 radical (unpaired) electrons. The fourth-order valence-electron chi connectivity index (χ4n) is 2.18. The lowest BCUT2D eigenvalue weighted by atomic mass is 10.3. The zero-order chi connectivity index (χ0) is 18.5. The van der Waals surface area contributed by atoms with Gasteiger partial charge in [-0.05, 0) is 36.4 Å². The predicted octanol–water partition coefficient (Wildman–Crippen LogP) is 2.57. The van der Waals surface area contributed by atoms with Crippen LogP contribution in [0.25, 0.3) is 5.69 Å². The summed E-state index contributed by atoms with van der Waals surface area (Å²) in [5, 5.41) is 4.84. The van der Waals surface area contributed by atoms with Gasteiger partial charge in [-0.3, -0.25) is 4.79 Å². The smallest absolute Gasteiger partial charge is 0.359 e. The Morgan fingerprint density at radius 2 is 1.88 bits per heavy atom. The molecule has 0 saturated heterocycles. The van der Waals surface area contributed by atoms with Crippen molar-refractivity contribution in [2.75, 3.05) is 14.2 Å². The van der Waals surface area contributed by atoms with Gasteiger partial charge in [-0.15, -0.1) is 0 Å². The van der Waals surface area contributed by atoms with Gasteiger partial charge >= 0.3 is 5.97 Å². The Bertz CT molecular complexity index is 972. The van der Waals surface area contributed by atoms with Gasteiger partial charge in [0.05, 0.1) is 24.8 Å². The summed E-state index contributed by atoms with van der Waals surface area (Å²) in [6.45, 7) is 0. The van der Waals surface area contributed by atoms with Crippen LogP contribution in [0.5, 0.6) is 5.75 Å². The third-order valence-corrected chi connectivity index (χ3v) is 4.43. The minimum Gasteiger partial charge on any atom is -0.497 e. The number of methoxy groups -OCH3 is 2. The van der Waals surface area contributed by atoms with Crippen LogP contribution in [0, 0.1) is 0 Å². The molecule has 0 aliphatic rings. The van der Waals surface area contributed by atoms with Gasteiger partial charge in [-0.1, -0.05) is 17.8 Å². The number of carbonyl (C=O) groups excluding carboxylic acids is 1.